The number of aromatic hydroxyl groups is 2. The number of aromatic nitrogens is 3. The number of ketones is 1. The fourth-order valence-corrected chi connectivity index (χ4v) is 16.9. The number of phenols is 2. The molecule has 0 unspecified atom stereocenters. The highest BCUT2D eigenvalue weighted by Gasteiger charge is 2.78. The van der Waals surface area contributed by atoms with E-state index in [2.05, 4.69) is 52.4 Å². The standard InChI is InChI=1S/C43H53NO14.C26H31N3O5.C17H15BrClFN4O3/c1-22-26(55-37(51)32(48)30(24-15-11-9-12-16-24)44-38(52)58-39(3,4)5)20-43(53)35(56-36(50)25-17-13-10-14-18-25)33-41(8,34(49)31(47)29(22)40(43,6)7)27(46)19-28-42(33,21-54-28)57-23(2)45;1-4-27-26(32)24-23(18-7-5-17(6-8-18)15-29-9-11-33-12-10-29)25(34-28-24)20-13-19(16(2)3)21(30)14-22(20)31;1-24-8-21-16-13(24)7-10(17(26)23-27-5-4-25)15(14(16)20)22-12-3-2-9(18)6-11(12)19/h9-18,26-28,30-33,35,46-48,53H,19-21H2,1-8H3,(H,44,52);5-8,13-14,16,30-31H,4,9-12,15H2,1-3H3,(H,27,32);2-3,6-8,22,25H,4-5H2,1H3,(H,23,26)/t26-,27-,28+,30-,31+,32+,33-,35-,41+,42-,43+;;/m0../s1. The van der Waals surface area contributed by atoms with Crippen LogP contribution in [0.25, 0.3) is 33.5 Å². The number of halogens is 3. The van der Waals surface area contributed by atoms with Crippen LogP contribution in [-0.2, 0) is 61.2 Å². The molecule has 11 atom stereocenters. The Kier molecular flexibility index (Phi) is 27.7. The second kappa shape index (κ2) is 36.8. The lowest BCUT2D eigenvalue weighted by molar-refractivity contribution is -0.346. The highest BCUT2D eigenvalue weighted by molar-refractivity contribution is 9.10. The number of morpholine rings is 1. The smallest absolute Gasteiger partial charge is 0.408 e. The average Bonchev–Trinajstić information content (AvgIpc) is 1.43. The number of rotatable bonds is 21. The number of aliphatic hydroxyl groups excluding tert-OH is 4. The number of imidazole rings is 1. The van der Waals surface area contributed by atoms with Crippen molar-refractivity contribution in [3.05, 3.63) is 188 Å². The minimum absolute atomic E-state index is 0.000486. The van der Waals surface area contributed by atoms with E-state index in [4.69, 9.17) is 54.5 Å². The number of aryl methyl sites for hydroxylation is 1. The second-order valence-electron chi connectivity index (χ2n) is 31.9. The number of esters is 3. The summed E-state index contributed by atoms with van der Waals surface area (Å²) in [6.07, 6.45) is -10.0. The van der Waals surface area contributed by atoms with Crippen LogP contribution in [0.2, 0.25) is 5.02 Å². The molecule has 13 rings (SSSR count). The number of carbonyl (C=O) groups excluding carboxylic acids is 7. The Morgan fingerprint density at radius 1 is 0.882 bits per heavy atom. The van der Waals surface area contributed by atoms with Gasteiger partial charge < -0.3 is 89.2 Å². The van der Waals surface area contributed by atoms with Crippen molar-refractivity contribution >= 4 is 91.5 Å². The maximum atomic E-state index is 15.1. The number of benzene rings is 6. The molecule has 2 saturated carbocycles. The van der Waals surface area contributed by atoms with Crippen molar-refractivity contribution < 1.29 is 111 Å². The molecule has 3 aliphatic carbocycles. The van der Waals surface area contributed by atoms with Crippen LogP contribution in [0.3, 0.4) is 0 Å². The number of phenolic OH excluding ortho intramolecular Hbond substituents is 2. The molecule has 5 aliphatic rings. The number of aliphatic hydroxyl groups is 5. The molecule has 0 spiro atoms. The molecule has 3 amide bonds. The Hall–Kier alpha value is -10.2. The van der Waals surface area contributed by atoms with Gasteiger partial charge in [0.1, 0.15) is 52.6 Å². The van der Waals surface area contributed by atoms with Crippen LogP contribution >= 0.6 is 27.5 Å². The highest BCUT2D eigenvalue weighted by Crippen LogP contribution is 2.64. The molecule has 6 aromatic carbocycles. The summed E-state index contributed by atoms with van der Waals surface area (Å²) in [5, 5.41) is 91.3. The number of alkyl carbamates (subject to hydrolysis) is 1. The Bertz CT molecular complexity index is 5110. The predicted molar refractivity (Wildman–Crippen MR) is 436 cm³/mol. The van der Waals surface area contributed by atoms with Crippen LogP contribution in [0.1, 0.15) is 149 Å². The van der Waals surface area contributed by atoms with Gasteiger partial charge >= 0.3 is 24.0 Å². The monoisotopic (exact) mass is 1730 g/mol. The molecule has 2 saturated heterocycles. The number of nitrogens with one attached hydrogen (secondary N) is 4. The topological polar surface area (TPSA) is 421 Å². The fourth-order valence-electron chi connectivity index (χ4n) is 16.2. The van der Waals surface area contributed by atoms with Crippen LogP contribution in [0.5, 0.6) is 11.5 Å². The van der Waals surface area contributed by atoms with E-state index in [0.717, 1.165) is 55.4 Å². The first-order valence-corrected chi connectivity index (χ1v) is 39.9. The first-order valence-electron chi connectivity index (χ1n) is 38.8. The highest BCUT2D eigenvalue weighted by atomic mass is 79.9. The summed E-state index contributed by atoms with van der Waals surface area (Å²) in [6.45, 7) is 21.7. The summed E-state index contributed by atoms with van der Waals surface area (Å²) in [5.41, 5.74) is -1.49. The molecule has 4 fully saturated rings. The van der Waals surface area contributed by atoms with Crippen molar-refractivity contribution in [3.8, 4) is 33.9 Å². The number of anilines is 2. The number of fused-ring (bicyclic) bond motifs is 6. The molecule has 2 aliphatic heterocycles. The number of carbonyl (C=O) groups is 7. The lowest BCUT2D eigenvalue weighted by atomic mass is 9.44. The molecule has 11 N–H and O–H groups in total. The van der Waals surface area contributed by atoms with Crippen LogP contribution < -0.4 is 21.4 Å². The Morgan fingerprint density at radius 3 is 2.17 bits per heavy atom. The maximum Gasteiger partial charge on any atom is 0.408 e. The summed E-state index contributed by atoms with van der Waals surface area (Å²) in [6, 6.07) is 32.1. The van der Waals surface area contributed by atoms with E-state index < -0.39 is 124 Å². The normalized spacial score (nSPS) is 23.1. The zero-order valence-electron chi connectivity index (χ0n) is 67.8. The Labute approximate surface area is 699 Å². The molecule has 8 aromatic rings. The summed E-state index contributed by atoms with van der Waals surface area (Å²) in [5.74, 6) is -6.93. The molecular formula is C86H99BrClFN8O22. The van der Waals surface area contributed by atoms with Gasteiger partial charge in [0.15, 0.2) is 34.8 Å². The summed E-state index contributed by atoms with van der Waals surface area (Å²) in [7, 11) is 1.69. The molecular weight excluding hydrogens is 1630 g/mol. The van der Waals surface area contributed by atoms with Crippen molar-refractivity contribution in [2.45, 2.75) is 161 Å². The Morgan fingerprint density at radius 2 is 1.55 bits per heavy atom. The number of Topliss-reactive ketones (excluding diaryl/α,β-unsaturated/α-hetero) is 1. The largest absolute Gasteiger partial charge is 0.508 e. The fraction of sp³-hybridized carbons (Fsp3) is 0.430. The van der Waals surface area contributed by atoms with Crippen molar-refractivity contribution in [1.29, 1.82) is 0 Å². The lowest BCUT2D eigenvalue weighted by Gasteiger charge is -2.67. The molecule has 636 valence electrons. The summed E-state index contributed by atoms with van der Waals surface area (Å²) >= 11 is 9.51. The van der Waals surface area contributed by atoms with E-state index in [1.807, 2.05) is 45.0 Å². The van der Waals surface area contributed by atoms with Gasteiger partial charge in [0.2, 0.25) is 0 Å². The molecule has 2 bridgehead atoms. The first kappa shape index (κ1) is 89.6. The van der Waals surface area contributed by atoms with Crippen LogP contribution in [0.15, 0.2) is 148 Å². The van der Waals surface area contributed by atoms with Gasteiger partial charge in [0.25, 0.3) is 11.8 Å². The molecule has 33 heteroatoms. The zero-order chi connectivity index (χ0) is 86.5. The SMILES string of the molecule is CC(=O)O[C@@]12CO[C@@H]1C[C@H](O)[C@@]1(C)C(=O)[C@H](O)C3=C(C)[C@@H](OC(=O)[C@H](O)[C@@H](NC(=O)OC(C)(C)C)c4ccccc4)C[C@@](O)([C@@H](OC(=O)c4ccccc4)[C@H]21)C3(C)C.CCNC(=O)c1noc(-c2cc(C(C)C)c(O)cc2O)c1-c1ccc(CN2CCOCC2)cc1.Cn1cnc2c(F)c(Nc3ccc(Br)cc3Cl)c(C(=O)NOCCO)cc21. The molecule has 119 heavy (non-hydrogen) atoms. The van der Waals surface area contributed by atoms with E-state index in [-0.39, 0.29) is 94.5 Å². The number of hydrogen-bond donors (Lipinski definition) is 11. The third kappa shape index (κ3) is 18.6. The zero-order valence-corrected chi connectivity index (χ0v) is 70.1. The minimum atomic E-state index is -2.35. The van der Waals surface area contributed by atoms with E-state index in [1.54, 1.807) is 119 Å². The van der Waals surface area contributed by atoms with E-state index in [9.17, 15) is 64.2 Å². The Balaban J connectivity index is 0.000000192. The third-order valence-corrected chi connectivity index (χ3v) is 23.1. The third-order valence-electron chi connectivity index (χ3n) is 22.3. The second-order valence-corrected chi connectivity index (χ2v) is 33.2. The van der Waals surface area contributed by atoms with Crippen molar-refractivity contribution in [2.75, 3.05) is 58.0 Å². The first-order chi connectivity index (χ1) is 56.3. The van der Waals surface area contributed by atoms with Crippen LogP contribution in [0.4, 0.5) is 20.6 Å². The molecule has 0 radical (unpaired) electrons. The van der Waals surface area contributed by atoms with Crippen LogP contribution in [0, 0.1) is 22.6 Å². The summed E-state index contributed by atoms with van der Waals surface area (Å²) < 4.78 is 58.1. The van der Waals surface area contributed by atoms with Crippen molar-refractivity contribution in [2.24, 2.45) is 23.8 Å². The lowest BCUT2D eigenvalue weighted by Crippen LogP contribution is -2.81. The van der Waals surface area contributed by atoms with Gasteiger partial charge in [0, 0.05) is 68.9 Å². The summed E-state index contributed by atoms with van der Waals surface area (Å²) in [4.78, 5) is 105. The number of nitrogens with zero attached hydrogens (tertiary/aromatic N) is 4. The quantitative estimate of drug-likeness (QED) is 0.0105. The van der Waals surface area contributed by atoms with Crippen LogP contribution in [-0.4, -0.2) is 203 Å². The molecule has 30 nitrogen and oxygen atoms in total. The van der Waals surface area contributed by atoms with Gasteiger partial charge in [-0.25, -0.2) is 29.2 Å². The van der Waals surface area contributed by atoms with Gasteiger partial charge in [0.05, 0.1) is 107 Å². The number of amides is 3. The molecule has 4 heterocycles. The van der Waals surface area contributed by atoms with E-state index in [1.165, 1.54) is 44.4 Å². The van der Waals surface area contributed by atoms with Gasteiger partial charge in [-0.3, -0.25) is 28.9 Å². The van der Waals surface area contributed by atoms with Crippen molar-refractivity contribution in [3.63, 3.8) is 0 Å². The number of hydrogen-bond acceptors (Lipinski definition) is 26. The minimum Gasteiger partial charge on any atom is -0.508 e. The van der Waals surface area contributed by atoms with Crippen molar-refractivity contribution in [1.82, 2.24) is 35.7 Å². The van der Waals surface area contributed by atoms with Gasteiger partial charge in [-0.1, -0.05) is 133 Å². The van der Waals surface area contributed by atoms with Gasteiger partial charge in [-0.2, -0.15) is 0 Å². The van der Waals surface area contributed by atoms with Gasteiger partial charge in [-0.05, 0) is 123 Å². The van der Waals surface area contributed by atoms with E-state index >= 15 is 4.39 Å². The van der Waals surface area contributed by atoms with E-state index in [0.29, 0.717) is 45.0 Å². The average molecular weight is 1730 g/mol. The van der Waals surface area contributed by atoms with Gasteiger partial charge in [-0.15, -0.1) is 0 Å². The molecule has 2 aromatic heterocycles. The maximum absolute atomic E-state index is 15.1. The number of ether oxygens (including phenoxy) is 6. The number of hydroxylamine groups is 1. The predicted octanol–water partition coefficient (Wildman–Crippen LogP) is 10.9.